The Bertz CT molecular complexity index is 942. The number of carbonyl (C=O) groups is 1. The second-order valence-corrected chi connectivity index (χ2v) is 6.49. The number of rotatable bonds is 3. The number of amides is 1. The SMILES string of the molecule is CC1Cc2ccccc2N1C(=O)c1ccnc(N(C)c2ccccc2)n1. The third kappa shape index (κ3) is 2.81. The number of nitrogens with zero attached hydrogens (tertiary/aromatic N) is 4. The van der Waals surface area contributed by atoms with Gasteiger partial charge in [0, 0.05) is 30.7 Å². The summed E-state index contributed by atoms with van der Waals surface area (Å²) < 4.78 is 0. The van der Waals surface area contributed by atoms with Gasteiger partial charge in [0.25, 0.3) is 5.91 Å². The Labute approximate surface area is 152 Å². The molecule has 0 radical (unpaired) electrons. The number of aromatic nitrogens is 2. The summed E-state index contributed by atoms with van der Waals surface area (Å²) in [6.45, 7) is 2.07. The summed E-state index contributed by atoms with van der Waals surface area (Å²) in [5, 5.41) is 0. The number of hydrogen-bond donors (Lipinski definition) is 0. The molecule has 1 aliphatic heterocycles. The quantitative estimate of drug-likeness (QED) is 0.724. The highest BCUT2D eigenvalue weighted by molar-refractivity contribution is 6.06. The molecule has 0 N–H and O–H groups in total. The van der Waals surface area contributed by atoms with Crippen LogP contribution in [-0.4, -0.2) is 29.0 Å². The molecule has 1 aliphatic rings. The van der Waals surface area contributed by atoms with Crippen molar-refractivity contribution in [1.82, 2.24) is 9.97 Å². The third-order valence-electron chi connectivity index (χ3n) is 4.73. The van der Waals surface area contributed by atoms with Gasteiger partial charge in [-0.15, -0.1) is 0 Å². The molecular weight excluding hydrogens is 324 g/mol. The summed E-state index contributed by atoms with van der Waals surface area (Å²) in [4.78, 5) is 25.7. The zero-order valence-electron chi connectivity index (χ0n) is 14.8. The zero-order chi connectivity index (χ0) is 18.1. The van der Waals surface area contributed by atoms with Crippen LogP contribution < -0.4 is 9.80 Å². The standard InChI is InChI=1S/C21H20N4O/c1-15-14-16-8-6-7-11-19(16)25(15)20(26)18-12-13-22-21(23-18)24(2)17-9-4-3-5-10-17/h3-13,15H,14H2,1-2H3. The minimum atomic E-state index is -0.0902. The van der Waals surface area contributed by atoms with Crippen molar-refractivity contribution in [2.75, 3.05) is 16.8 Å². The molecule has 1 unspecified atom stereocenters. The zero-order valence-corrected chi connectivity index (χ0v) is 14.8. The van der Waals surface area contributed by atoms with Gasteiger partial charge >= 0.3 is 0 Å². The lowest BCUT2D eigenvalue weighted by atomic mass is 10.1. The minimum absolute atomic E-state index is 0.0902. The molecule has 2 aromatic carbocycles. The summed E-state index contributed by atoms with van der Waals surface area (Å²) in [5.41, 5.74) is 3.55. The maximum Gasteiger partial charge on any atom is 0.277 e. The van der Waals surface area contributed by atoms with E-state index in [0.717, 1.165) is 17.8 Å². The first kappa shape index (κ1) is 16.3. The van der Waals surface area contributed by atoms with Gasteiger partial charge in [-0.05, 0) is 43.2 Å². The fourth-order valence-corrected chi connectivity index (χ4v) is 3.39. The number of fused-ring (bicyclic) bond motifs is 1. The molecule has 1 atom stereocenters. The van der Waals surface area contributed by atoms with Gasteiger partial charge in [-0.2, -0.15) is 0 Å². The summed E-state index contributed by atoms with van der Waals surface area (Å²) in [6.07, 6.45) is 2.51. The Balaban J connectivity index is 1.66. The van der Waals surface area contributed by atoms with Gasteiger partial charge in [-0.25, -0.2) is 9.97 Å². The van der Waals surface area contributed by atoms with Crippen LogP contribution in [0.25, 0.3) is 0 Å². The maximum absolute atomic E-state index is 13.1. The molecule has 1 amide bonds. The van der Waals surface area contributed by atoms with Crippen LogP contribution in [0, 0.1) is 0 Å². The van der Waals surface area contributed by atoms with E-state index < -0.39 is 0 Å². The topological polar surface area (TPSA) is 49.3 Å². The smallest absolute Gasteiger partial charge is 0.277 e. The number of benzene rings is 2. The minimum Gasteiger partial charge on any atom is -0.314 e. The molecule has 0 saturated heterocycles. The fraction of sp³-hybridized carbons (Fsp3) is 0.190. The molecule has 5 nitrogen and oxygen atoms in total. The van der Waals surface area contributed by atoms with Crippen molar-refractivity contribution >= 4 is 23.2 Å². The maximum atomic E-state index is 13.1. The van der Waals surface area contributed by atoms with E-state index in [1.165, 1.54) is 5.56 Å². The molecule has 2 heterocycles. The summed E-state index contributed by atoms with van der Waals surface area (Å²) >= 11 is 0. The predicted octanol–water partition coefficient (Wildman–Crippen LogP) is 3.84. The van der Waals surface area contributed by atoms with Gasteiger partial charge < -0.3 is 9.80 Å². The van der Waals surface area contributed by atoms with E-state index in [9.17, 15) is 4.79 Å². The molecule has 5 heteroatoms. The Morgan fingerprint density at radius 3 is 2.62 bits per heavy atom. The number of hydrogen-bond acceptors (Lipinski definition) is 4. The average Bonchev–Trinajstić information content (AvgIpc) is 3.03. The van der Waals surface area contributed by atoms with Crippen LogP contribution in [0.4, 0.5) is 17.3 Å². The first-order valence-corrected chi connectivity index (χ1v) is 8.68. The van der Waals surface area contributed by atoms with Crippen LogP contribution in [0.3, 0.4) is 0 Å². The first-order valence-electron chi connectivity index (χ1n) is 8.68. The highest BCUT2D eigenvalue weighted by atomic mass is 16.2. The summed E-state index contributed by atoms with van der Waals surface area (Å²) in [5.74, 6) is 0.412. The van der Waals surface area contributed by atoms with Crippen molar-refractivity contribution in [2.45, 2.75) is 19.4 Å². The van der Waals surface area contributed by atoms with E-state index in [0.29, 0.717) is 11.6 Å². The fourth-order valence-electron chi connectivity index (χ4n) is 3.39. The van der Waals surface area contributed by atoms with E-state index in [2.05, 4.69) is 23.0 Å². The highest BCUT2D eigenvalue weighted by Gasteiger charge is 2.32. The second kappa shape index (κ2) is 6.59. The molecule has 0 aliphatic carbocycles. The molecule has 0 saturated carbocycles. The van der Waals surface area contributed by atoms with Crippen molar-refractivity contribution < 1.29 is 4.79 Å². The lowest BCUT2D eigenvalue weighted by Gasteiger charge is -2.23. The summed E-state index contributed by atoms with van der Waals surface area (Å²) in [7, 11) is 1.90. The number of para-hydroxylation sites is 2. The van der Waals surface area contributed by atoms with Crippen LogP contribution in [0.1, 0.15) is 23.0 Å². The van der Waals surface area contributed by atoms with Gasteiger partial charge in [0.1, 0.15) is 5.69 Å². The Hall–Kier alpha value is -3.21. The van der Waals surface area contributed by atoms with Crippen molar-refractivity contribution in [1.29, 1.82) is 0 Å². The Morgan fingerprint density at radius 1 is 1.08 bits per heavy atom. The average molecular weight is 344 g/mol. The van der Waals surface area contributed by atoms with Crippen LogP contribution in [0.5, 0.6) is 0 Å². The molecule has 0 fully saturated rings. The van der Waals surface area contributed by atoms with Crippen molar-refractivity contribution in [2.24, 2.45) is 0 Å². The normalized spacial score (nSPS) is 15.6. The van der Waals surface area contributed by atoms with E-state index >= 15 is 0 Å². The highest BCUT2D eigenvalue weighted by Crippen LogP contribution is 2.33. The molecule has 4 rings (SSSR count). The van der Waals surface area contributed by atoms with E-state index in [1.807, 2.05) is 65.4 Å². The van der Waals surface area contributed by atoms with E-state index in [4.69, 9.17) is 0 Å². The van der Waals surface area contributed by atoms with Crippen LogP contribution in [0.2, 0.25) is 0 Å². The Morgan fingerprint density at radius 2 is 1.81 bits per heavy atom. The van der Waals surface area contributed by atoms with E-state index in [-0.39, 0.29) is 11.9 Å². The van der Waals surface area contributed by atoms with Gasteiger partial charge in [0.2, 0.25) is 5.95 Å². The van der Waals surface area contributed by atoms with Gasteiger partial charge in [0.05, 0.1) is 0 Å². The van der Waals surface area contributed by atoms with E-state index in [1.54, 1.807) is 12.3 Å². The van der Waals surface area contributed by atoms with Gasteiger partial charge in [0.15, 0.2) is 0 Å². The van der Waals surface area contributed by atoms with Crippen molar-refractivity contribution in [3.8, 4) is 0 Å². The van der Waals surface area contributed by atoms with Crippen molar-refractivity contribution in [3.63, 3.8) is 0 Å². The van der Waals surface area contributed by atoms with Crippen molar-refractivity contribution in [3.05, 3.63) is 78.1 Å². The molecule has 0 spiro atoms. The first-order chi connectivity index (χ1) is 12.6. The van der Waals surface area contributed by atoms with Gasteiger partial charge in [-0.1, -0.05) is 36.4 Å². The molecule has 130 valence electrons. The van der Waals surface area contributed by atoms with Crippen LogP contribution >= 0.6 is 0 Å². The monoisotopic (exact) mass is 344 g/mol. The second-order valence-electron chi connectivity index (χ2n) is 6.49. The van der Waals surface area contributed by atoms with Gasteiger partial charge in [-0.3, -0.25) is 4.79 Å². The molecular formula is C21H20N4O. The lowest BCUT2D eigenvalue weighted by molar-refractivity contribution is 0.0976. The Kier molecular flexibility index (Phi) is 4.13. The lowest BCUT2D eigenvalue weighted by Crippen LogP contribution is -2.36. The largest absolute Gasteiger partial charge is 0.314 e. The predicted molar refractivity (Wildman–Crippen MR) is 103 cm³/mol. The third-order valence-corrected chi connectivity index (χ3v) is 4.73. The van der Waals surface area contributed by atoms with Crippen LogP contribution in [-0.2, 0) is 6.42 Å². The molecule has 1 aromatic heterocycles. The molecule has 3 aromatic rings. The number of carbonyl (C=O) groups excluding carboxylic acids is 1. The number of anilines is 3. The summed E-state index contributed by atoms with van der Waals surface area (Å²) in [6, 6.07) is 19.7. The molecule has 0 bridgehead atoms. The van der Waals surface area contributed by atoms with Crippen LogP contribution in [0.15, 0.2) is 66.9 Å². The molecule has 26 heavy (non-hydrogen) atoms.